The highest BCUT2D eigenvalue weighted by molar-refractivity contribution is 7.15. The van der Waals surface area contributed by atoms with Gasteiger partial charge >= 0.3 is 0 Å². The van der Waals surface area contributed by atoms with E-state index in [4.69, 9.17) is 39.8 Å². The van der Waals surface area contributed by atoms with E-state index in [9.17, 15) is 4.79 Å². The predicted molar refractivity (Wildman–Crippen MR) is 132 cm³/mol. The van der Waals surface area contributed by atoms with Crippen LogP contribution in [0.3, 0.4) is 0 Å². The van der Waals surface area contributed by atoms with Gasteiger partial charge in [-0.1, -0.05) is 46.9 Å². The zero-order valence-corrected chi connectivity index (χ0v) is 20.4. The highest BCUT2D eigenvalue weighted by Gasteiger charge is 2.25. The lowest BCUT2D eigenvalue weighted by molar-refractivity contribution is 0.0949. The number of carbonyl (C=O) groups is 1. The molecular weight excluding hydrogens is 501 g/mol. The zero-order chi connectivity index (χ0) is 23.1. The minimum Gasteiger partial charge on any atom is -0.345 e. The normalized spacial score (nSPS) is 12.5. The first kappa shape index (κ1) is 22.1. The number of halogens is 3. The molecule has 5 rings (SSSR count). The number of nitrogens with one attached hydrogen (secondary N) is 1. The number of thiophene rings is 1. The van der Waals surface area contributed by atoms with Crippen molar-refractivity contribution in [2.45, 2.75) is 20.0 Å². The maximum atomic E-state index is 12.7. The van der Waals surface area contributed by atoms with Crippen LogP contribution in [0.2, 0.25) is 15.1 Å². The summed E-state index contributed by atoms with van der Waals surface area (Å²) in [6.07, 6.45) is 0. The highest BCUT2D eigenvalue weighted by Crippen LogP contribution is 2.33. The molecule has 33 heavy (non-hydrogen) atoms. The minimum atomic E-state index is -0.280. The van der Waals surface area contributed by atoms with Crippen molar-refractivity contribution in [1.29, 1.82) is 0 Å². The van der Waals surface area contributed by atoms with Crippen LogP contribution in [-0.4, -0.2) is 26.4 Å². The smallest absolute Gasteiger partial charge is 0.251 e. The number of benzene rings is 2. The SMILES string of the molecule is Cc1cc2c(s1)-n1c(nnc1CNC(=O)c1ccc(Cl)c(Cl)c1)CN=C2c1cccc(Cl)c1. The first-order valence-corrected chi connectivity index (χ1v) is 11.9. The number of rotatable bonds is 4. The van der Waals surface area contributed by atoms with Crippen molar-refractivity contribution in [1.82, 2.24) is 20.1 Å². The third kappa shape index (κ3) is 4.29. The van der Waals surface area contributed by atoms with Gasteiger partial charge in [-0.25, -0.2) is 0 Å². The van der Waals surface area contributed by atoms with Crippen LogP contribution in [0.1, 0.15) is 38.0 Å². The van der Waals surface area contributed by atoms with Gasteiger partial charge in [0.05, 0.1) is 22.3 Å². The summed E-state index contributed by atoms with van der Waals surface area (Å²) in [5.41, 5.74) is 3.19. The Balaban J connectivity index is 1.47. The molecule has 0 saturated heterocycles. The van der Waals surface area contributed by atoms with E-state index in [2.05, 4.69) is 21.6 Å². The average molecular weight is 517 g/mol. The lowest BCUT2D eigenvalue weighted by Crippen LogP contribution is -2.24. The Kier molecular flexibility index (Phi) is 5.97. The molecule has 6 nitrogen and oxygen atoms in total. The van der Waals surface area contributed by atoms with Gasteiger partial charge in [-0.15, -0.1) is 21.5 Å². The van der Waals surface area contributed by atoms with E-state index >= 15 is 0 Å². The number of nitrogens with zero attached hydrogens (tertiary/aromatic N) is 4. The molecule has 0 bridgehead atoms. The molecule has 1 aliphatic rings. The minimum absolute atomic E-state index is 0.189. The van der Waals surface area contributed by atoms with Crippen molar-refractivity contribution in [2.24, 2.45) is 4.99 Å². The van der Waals surface area contributed by atoms with Gasteiger partial charge in [-0.3, -0.25) is 14.4 Å². The van der Waals surface area contributed by atoms with Crippen molar-refractivity contribution in [2.75, 3.05) is 0 Å². The summed E-state index contributed by atoms with van der Waals surface area (Å²) in [6.45, 7) is 2.59. The van der Waals surface area contributed by atoms with Crippen LogP contribution in [0.15, 0.2) is 53.5 Å². The van der Waals surface area contributed by atoms with Gasteiger partial charge in [0.2, 0.25) is 0 Å². The number of hydrogen-bond donors (Lipinski definition) is 1. The number of aromatic nitrogens is 3. The fraction of sp³-hybridized carbons (Fsp3) is 0.130. The van der Waals surface area contributed by atoms with Crippen LogP contribution < -0.4 is 5.32 Å². The number of hydrogen-bond acceptors (Lipinski definition) is 5. The number of fused-ring (bicyclic) bond motifs is 3. The molecule has 0 unspecified atom stereocenters. The third-order valence-corrected chi connectivity index (χ3v) is 7.17. The summed E-state index contributed by atoms with van der Waals surface area (Å²) >= 11 is 19.9. The zero-order valence-electron chi connectivity index (χ0n) is 17.3. The van der Waals surface area contributed by atoms with Gasteiger partial charge in [0.1, 0.15) is 11.5 Å². The van der Waals surface area contributed by atoms with E-state index in [1.54, 1.807) is 23.5 Å². The van der Waals surface area contributed by atoms with Crippen molar-refractivity contribution < 1.29 is 4.79 Å². The second-order valence-electron chi connectivity index (χ2n) is 7.43. The van der Waals surface area contributed by atoms with Crippen LogP contribution in [0, 0.1) is 6.92 Å². The molecule has 0 atom stereocenters. The average Bonchev–Trinajstić information content (AvgIpc) is 3.33. The Bertz CT molecular complexity index is 1430. The quantitative estimate of drug-likeness (QED) is 0.368. The molecule has 0 aliphatic carbocycles. The van der Waals surface area contributed by atoms with Crippen LogP contribution in [0.25, 0.3) is 5.00 Å². The maximum Gasteiger partial charge on any atom is 0.251 e. The largest absolute Gasteiger partial charge is 0.345 e. The van der Waals surface area contributed by atoms with Gasteiger partial charge in [0.25, 0.3) is 5.91 Å². The molecule has 0 radical (unpaired) electrons. The van der Waals surface area contributed by atoms with Gasteiger partial charge in [-0.05, 0) is 43.3 Å². The van der Waals surface area contributed by atoms with Crippen LogP contribution in [0.4, 0.5) is 0 Å². The molecule has 1 amide bonds. The summed E-state index contributed by atoms with van der Waals surface area (Å²) in [5.74, 6) is 1.04. The van der Waals surface area contributed by atoms with Crippen molar-refractivity contribution in [3.63, 3.8) is 0 Å². The molecule has 4 aromatic rings. The number of aliphatic imine (C=N–C) groups is 1. The molecule has 0 fully saturated rings. The van der Waals surface area contributed by atoms with Crippen molar-refractivity contribution in [3.05, 3.63) is 96.8 Å². The fourth-order valence-electron chi connectivity index (χ4n) is 3.66. The molecule has 0 saturated carbocycles. The number of amides is 1. The standard InChI is InChI=1S/C23H16Cl3N5OS/c1-12-7-16-21(13-3-2-4-15(24)8-13)27-10-19-29-30-20(31(19)23(16)33-12)11-28-22(32)14-5-6-17(25)18(26)9-14/h2-9H,10-11H2,1H3,(H,28,32). The van der Waals surface area contributed by atoms with Crippen molar-refractivity contribution >= 4 is 57.8 Å². The number of aryl methyl sites for hydroxylation is 1. The summed E-state index contributed by atoms with van der Waals surface area (Å²) in [5, 5.41) is 13.9. The summed E-state index contributed by atoms with van der Waals surface area (Å²) < 4.78 is 1.98. The Labute approximate surface area is 208 Å². The summed E-state index contributed by atoms with van der Waals surface area (Å²) in [6, 6.07) is 14.5. The maximum absolute atomic E-state index is 12.7. The van der Waals surface area contributed by atoms with E-state index in [1.807, 2.05) is 35.8 Å². The first-order chi connectivity index (χ1) is 15.9. The molecular formula is C23H16Cl3N5OS. The van der Waals surface area contributed by atoms with E-state index in [0.717, 1.165) is 26.7 Å². The van der Waals surface area contributed by atoms with E-state index in [0.29, 0.717) is 38.8 Å². The monoisotopic (exact) mass is 515 g/mol. The first-order valence-electron chi connectivity index (χ1n) is 9.98. The van der Waals surface area contributed by atoms with E-state index < -0.39 is 0 Å². The second-order valence-corrected chi connectivity index (χ2v) is 9.92. The van der Waals surface area contributed by atoms with Crippen molar-refractivity contribution in [3.8, 4) is 5.00 Å². The Morgan fingerprint density at radius 3 is 2.73 bits per heavy atom. The van der Waals surface area contributed by atoms with Crippen LogP contribution in [0.5, 0.6) is 0 Å². The molecule has 1 N–H and O–H groups in total. The lowest BCUT2D eigenvalue weighted by atomic mass is 10.0. The third-order valence-electron chi connectivity index (χ3n) is 5.16. The Morgan fingerprint density at radius 2 is 1.94 bits per heavy atom. The van der Waals surface area contributed by atoms with Gasteiger partial charge in [0.15, 0.2) is 11.6 Å². The van der Waals surface area contributed by atoms with Gasteiger partial charge in [-0.2, -0.15) is 0 Å². The van der Waals surface area contributed by atoms with Crippen LogP contribution >= 0.6 is 46.1 Å². The molecule has 2 aromatic heterocycles. The summed E-state index contributed by atoms with van der Waals surface area (Å²) in [4.78, 5) is 18.6. The van der Waals surface area contributed by atoms with Gasteiger partial charge in [0, 0.05) is 26.6 Å². The highest BCUT2D eigenvalue weighted by atomic mass is 35.5. The Hall–Kier alpha value is -2.71. The van der Waals surface area contributed by atoms with E-state index in [-0.39, 0.29) is 12.5 Å². The topological polar surface area (TPSA) is 72.2 Å². The second kappa shape index (κ2) is 8.91. The van der Waals surface area contributed by atoms with E-state index in [1.165, 1.54) is 6.07 Å². The molecule has 3 heterocycles. The summed E-state index contributed by atoms with van der Waals surface area (Å²) in [7, 11) is 0. The molecule has 10 heteroatoms. The fourth-order valence-corrected chi connectivity index (χ4v) is 5.20. The Morgan fingerprint density at radius 1 is 1.09 bits per heavy atom. The number of carbonyl (C=O) groups excluding carboxylic acids is 1. The molecule has 166 valence electrons. The predicted octanol–water partition coefficient (Wildman–Crippen LogP) is 5.88. The lowest BCUT2D eigenvalue weighted by Gasteiger charge is -2.10. The van der Waals surface area contributed by atoms with Crippen LogP contribution in [-0.2, 0) is 13.1 Å². The molecule has 2 aromatic carbocycles. The molecule has 0 spiro atoms. The van der Waals surface area contributed by atoms with Gasteiger partial charge < -0.3 is 5.32 Å². The molecule has 1 aliphatic heterocycles.